The first-order valence-corrected chi connectivity index (χ1v) is 6.58. The smallest absolute Gasteiger partial charge is 0.133 e. The summed E-state index contributed by atoms with van der Waals surface area (Å²) in [5, 5.41) is 3.46. The molecule has 0 amide bonds. The maximum Gasteiger partial charge on any atom is 0.133 e. The highest BCUT2D eigenvalue weighted by Gasteiger charge is 2.12. The van der Waals surface area contributed by atoms with Crippen LogP contribution >= 0.6 is 15.9 Å². The van der Waals surface area contributed by atoms with Crippen molar-refractivity contribution in [2.24, 2.45) is 0 Å². The summed E-state index contributed by atoms with van der Waals surface area (Å²) in [6, 6.07) is 6.33. The Balaban J connectivity index is 2.82. The fraction of sp³-hybridized carbons (Fsp3) is 0.538. The van der Waals surface area contributed by atoms with Crippen LogP contribution in [0.2, 0.25) is 0 Å². The molecule has 0 radical (unpaired) electrons. The number of hydrogen-bond acceptors (Lipinski definition) is 3. The summed E-state index contributed by atoms with van der Waals surface area (Å²) in [7, 11) is 3.39. The van der Waals surface area contributed by atoms with Crippen LogP contribution in [0.1, 0.15) is 24.9 Å². The summed E-state index contributed by atoms with van der Waals surface area (Å²) in [6.45, 7) is 3.80. The van der Waals surface area contributed by atoms with Gasteiger partial charge in [0.2, 0.25) is 0 Å². The third kappa shape index (κ3) is 4.30. The highest BCUT2D eigenvalue weighted by Crippen LogP contribution is 2.28. The molecule has 0 spiro atoms. The van der Waals surface area contributed by atoms with Gasteiger partial charge in [0.1, 0.15) is 5.75 Å². The molecule has 0 aliphatic heterocycles. The average molecular weight is 302 g/mol. The van der Waals surface area contributed by atoms with Gasteiger partial charge in [-0.05, 0) is 46.6 Å². The molecule has 17 heavy (non-hydrogen) atoms. The number of nitrogens with one attached hydrogen (secondary N) is 1. The first-order valence-electron chi connectivity index (χ1n) is 5.78. The van der Waals surface area contributed by atoms with E-state index in [4.69, 9.17) is 9.47 Å². The van der Waals surface area contributed by atoms with E-state index < -0.39 is 0 Å². The molecule has 96 valence electrons. The van der Waals surface area contributed by atoms with E-state index in [9.17, 15) is 0 Å². The Hall–Kier alpha value is -0.580. The van der Waals surface area contributed by atoms with E-state index in [0.29, 0.717) is 6.61 Å². The molecule has 4 heteroatoms. The Kier molecular flexibility index (Phi) is 6.55. The number of methoxy groups -OCH3 is 2. The Morgan fingerprint density at radius 3 is 2.65 bits per heavy atom. The second-order valence-corrected chi connectivity index (χ2v) is 4.71. The van der Waals surface area contributed by atoms with Crippen LogP contribution in [0.5, 0.6) is 5.75 Å². The van der Waals surface area contributed by atoms with Crippen LogP contribution in [0, 0.1) is 0 Å². The van der Waals surface area contributed by atoms with E-state index in [-0.39, 0.29) is 6.04 Å². The van der Waals surface area contributed by atoms with Crippen molar-refractivity contribution in [1.82, 2.24) is 5.32 Å². The maximum atomic E-state index is 5.24. The third-order valence-electron chi connectivity index (χ3n) is 2.55. The Morgan fingerprint density at radius 2 is 2.12 bits per heavy atom. The summed E-state index contributed by atoms with van der Waals surface area (Å²) in [4.78, 5) is 0. The van der Waals surface area contributed by atoms with Crippen molar-refractivity contribution in [3.05, 3.63) is 28.2 Å². The van der Waals surface area contributed by atoms with Crippen LogP contribution in [0.4, 0.5) is 0 Å². The quantitative estimate of drug-likeness (QED) is 0.839. The molecule has 0 saturated heterocycles. The lowest BCUT2D eigenvalue weighted by molar-refractivity contribution is 0.167. The molecule has 1 N–H and O–H groups in total. The summed E-state index contributed by atoms with van der Waals surface area (Å²) < 4.78 is 11.4. The van der Waals surface area contributed by atoms with Gasteiger partial charge in [0.15, 0.2) is 0 Å². The molecule has 0 saturated carbocycles. The van der Waals surface area contributed by atoms with E-state index in [2.05, 4.69) is 40.3 Å². The van der Waals surface area contributed by atoms with E-state index in [1.165, 1.54) is 5.56 Å². The topological polar surface area (TPSA) is 30.5 Å². The first kappa shape index (κ1) is 14.5. The summed E-state index contributed by atoms with van der Waals surface area (Å²) in [5.74, 6) is 0.848. The molecule has 0 aromatic heterocycles. The molecule has 0 aliphatic rings. The minimum absolute atomic E-state index is 0.224. The number of halogens is 1. The van der Waals surface area contributed by atoms with Crippen molar-refractivity contribution < 1.29 is 9.47 Å². The monoisotopic (exact) mass is 301 g/mol. The van der Waals surface area contributed by atoms with Crippen LogP contribution in [-0.4, -0.2) is 27.4 Å². The lowest BCUT2D eigenvalue weighted by atomic mass is 10.1. The molecule has 1 rings (SSSR count). The van der Waals surface area contributed by atoms with Crippen LogP contribution in [0.25, 0.3) is 0 Å². The molecule has 1 unspecified atom stereocenters. The van der Waals surface area contributed by atoms with Crippen LogP contribution < -0.4 is 10.1 Å². The molecule has 1 aromatic rings. The molecule has 0 heterocycles. The van der Waals surface area contributed by atoms with Gasteiger partial charge in [-0.1, -0.05) is 13.0 Å². The maximum absolute atomic E-state index is 5.24. The van der Waals surface area contributed by atoms with E-state index >= 15 is 0 Å². The van der Waals surface area contributed by atoms with Gasteiger partial charge in [0, 0.05) is 7.11 Å². The molecule has 0 aliphatic carbocycles. The third-order valence-corrected chi connectivity index (χ3v) is 3.17. The van der Waals surface area contributed by atoms with Gasteiger partial charge in [-0.15, -0.1) is 0 Å². The second kappa shape index (κ2) is 7.69. The number of ether oxygens (including phenoxy) is 2. The van der Waals surface area contributed by atoms with Crippen molar-refractivity contribution in [3.63, 3.8) is 0 Å². The van der Waals surface area contributed by atoms with Gasteiger partial charge in [-0.2, -0.15) is 0 Å². The molecule has 0 bridgehead atoms. The van der Waals surface area contributed by atoms with E-state index in [0.717, 1.165) is 23.2 Å². The van der Waals surface area contributed by atoms with Crippen LogP contribution in [0.3, 0.4) is 0 Å². The van der Waals surface area contributed by atoms with Gasteiger partial charge in [0.05, 0.1) is 24.2 Å². The first-order chi connectivity index (χ1) is 8.22. The number of hydrogen-bond donors (Lipinski definition) is 1. The zero-order valence-electron chi connectivity index (χ0n) is 10.6. The van der Waals surface area contributed by atoms with Crippen LogP contribution in [0.15, 0.2) is 22.7 Å². The van der Waals surface area contributed by atoms with Crippen molar-refractivity contribution in [2.45, 2.75) is 19.4 Å². The molecular weight excluding hydrogens is 282 g/mol. The zero-order valence-corrected chi connectivity index (χ0v) is 12.2. The van der Waals surface area contributed by atoms with E-state index in [1.807, 2.05) is 6.07 Å². The average Bonchev–Trinajstić information content (AvgIpc) is 2.34. The molecule has 3 nitrogen and oxygen atoms in total. The minimum Gasteiger partial charge on any atom is -0.496 e. The van der Waals surface area contributed by atoms with Crippen molar-refractivity contribution in [3.8, 4) is 5.75 Å². The van der Waals surface area contributed by atoms with Gasteiger partial charge in [0.25, 0.3) is 0 Å². The Labute approximate surface area is 112 Å². The van der Waals surface area contributed by atoms with Gasteiger partial charge >= 0.3 is 0 Å². The van der Waals surface area contributed by atoms with Crippen molar-refractivity contribution in [2.75, 3.05) is 27.4 Å². The van der Waals surface area contributed by atoms with Gasteiger partial charge < -0.3 is 14.8 Å². The fourth-order valence-electron chi connectivity index (χ4n) is 1.66. The number of rotatable bonds is 7. The second-order valence-electron chi connectivity index (χ2n) is 3.86. The summed E-state index contributed by atoms with van der Waals surface area (Å²) >= 11 is 3.50. The lowest BCUT2D eigenvalue weighted by Crippen LogP contribution is -2.25. The molecular formula is C13H20BrNO2. The summed E-state index contributed by atoms with van der Waals surface area (Å²) in [6.07, 6.45) is 1.11. The van der Waals surface area contributed by atoms with Gasteiger partial charge in [-0.3, -0.25) is 0 Å². The van der Waals surface area contributed by atoms with E-state index in [1.54, 1.807) is 14.2 Å². The minimum atomic E-state index is 0.224. The predicted octanol–water partition coefficient (Wildman–Crippen LogP) is 3.14. The lowest BCUT2D eigenvalue weighted by Gasteiger charge is -2.19. The number of benzene rings is 1. The summed E-state index contributed by atoms with van der Waals surface area (Å²) in [5.41, 5.74) is 1.20. The SMILES string of the molecule is CCCNC(COC)c1ccc(OC)c(Br)c1. The van der Waals surface area contributed by atoms with Crippen LogP contribution in [-0.2, 0) is 4.74 Å². The Morgan fingerprint density at radius 1 is 1.35 bits per heavy atom. The molecule has 0 fully saturated rings. The largest absolute Gasteiger partial charge is 0.496 e. The standard InChI is InChI=1S/C13H20BrNO2/c1-4-7-15-12(9-16-2)10-5-6-13(17-3)11(14)8-10/h5-6,8,12,15H,4,7,9H2,1-3H3. The normalized spacial score (nSPS) is 12.5. The zero-order chi connectivity index (χ0) is 12.7. The van der Waals surface area contributed by atoms with Gasteiger partial charge in [-0.25, -0.2) is 0 Å². The molecule has 1 aromatic carbocycles. The van der Waals surface area contributed by atoms with Crippen molar-refractivity contribution in [1.29, 1.82) is 0 Å². The molecule has 1 atom stereocenters. The highest BCUT2D eigenvalue weighted by atomic mass is 79.9. The highest BCUT2D eigenvalue weighted by molar-refractivity contribution is 9.10. The predicted molar refractivity (Wildman–Crippen MR) is 73.6 cm³/mol. The Bertz CT molecular complexity index is 344. The fourth-order valence-corrected chi connectivity index (χ4v) is 2.22. The van der Waals surface area contributed by atoms with Crippen molar-refractivity contribution >= 4 is 15.9 Å².